The first-order valence-corrected chi connectivity index (χ1v) is 14.2. The zero-order valence-electron chi connectivity index (χ0n) is 22.5. The number of hydrogen-bond donors (Lipinski definition) is 5. The molecule has 0 aliphatic heterocycles. The summed E-state index contributed by atoms with van der Waals surface area (Å²) in [7, 11) is 0. The van der Waals surface area contributed by atoms with Gasteiger partial charge in [-0.25, -0.2) is 0 Å². The molecule has 0 spiro atoms. The molecule has 0 heterocycles. The highest BCUT2D eigenvalue weighted by molar-refractivity contribution is 5.80. The molecule has 6 heteroatoms. The fourth-order valence-electron chi connectivity index (χ4n) is 3.97. The molecule has 0 saturated carbocycles. The van der Waals surface area contributed by atoms with Crippen LogP contribution < -0.4 is 5.32 Å². The molecule has 4 unspecified atom stereocenters. The Morgan fingerprint density at radius 1 is 0.686 bits per heavy atom. The van der Waals surface area contributed by atoms with E-state index in [0.29, 0.717) is 19.3 Å². The van der Waals surface area contributed by atoms with Crippen LogP contribution in [0.15, 0.2) is 24.3 Å². The van der Waals surface area contributed by atoms with Gasteiger partial charge in [-0.1, -0.05) is 89.5 Å². The molecule has 1 amide bonds. The minimum Gasteiger partial charge on any atom is -0.394 e. The van der Waals surface area contributed by atoms with E-state index in [9.17, 15) is 25.2 Å². The molecule has 4 atom stereocenters. The van der Waals surface area contributed by atoms with Gasteiger partial charge in [0.1, 0.15) is 12.2 Å². The highest BCUT2D eigenvalue weighted by Gasteiger charge is 2.28. The van der Waals surface area contributed by atoms with Gasteiger partial charge in [0, 0.05) is 0 Å². The number of hydrogen-bond acceptors (Lipinski definition) is 5. The summed E-state index contributed by atoms with van der Waals surface area (Å²) in [4.78, 5) is 12.3. The summed E-state index contributed by atoms with van der Waals surface area (Å²) in [6.07, 6.45) is 22.1. The van der Waals surface area contributed by atoms with Crippen LogP contribution in [0.25, 0.3) is 0 Å². The maximum absolute atomic E-state index is 12.3. The third-order valence-electron chi connectivity index (χ3n) is 6.38. The number of carbonyl (C=O) groups excluding carboxylic acids is 1. The van der Waals surface area contributed by atoms with E-state index in [-0.39, 0.29) is 0 Å². The maximum atomic E-state index is 12.3. The summed E-state index contributed by atoms with van der Waals surface area (Å²) in [5.74, 6) is -0.614. The molecular weight excluding hydrogens is 442 g/mol. The number of aliphatic hydroxyl groups excluding tert-OH is 4. The predicted molar refractivity (Wildman–Crippen MR) is 145 cm³/mol. The van der Waals surface area contributed by atoms with Gasteiger partial charge in [-0.2, -0.15) is 0 Å². The summed E-state index contributed by atoms with van der Waals surface area (Å²) >= 11 is 0. The van der Waals surface area contributed by atoms with Gasteiger partial charge in [0.05, 0.1) is 18.8 Å². The van der Waals surface area contributed by atoms with E-state index < -0.39 is 36.9 Å². The molecule has 35 heavy (non-hydrogen) atoms. The summed E-state index contributed by atoms with van der Waals surface area (Å²) in [5, 5.41) is 42.9. The van der Waals surface area contributed by atoms with Crippen molar-refractivity contribution in [2.45, 2.75) is 147 Å². The summed E-state index contributed by atoms with van der Waals surface area (Å²) < 4.78 is 0. The van der Waals surface area contributed by atoms with E-state index in [2.05, 4.69) is 43.5 Å². The van der Waals surface area contributed by atoms with Crippen LogP contribution in [-0.2, 0) is 4.79 Å². The van der Waals surface area contributed by atoms with Gasteiger partial charge in [-0.15, -0.1) is 0 Å². The van der Waals surface area contributed by atoms with Crippen LogP contribution in [0.2, 0.25) is 0 Å². The average molecular weight is 498 g/mol. The predicted octanol–water partition coefficient (Wildman–Crippen LogP) is 5.33. The zero-order chi connectivity index (χ0) is 26.2. The Bertz CT molecular complexity index is 537. The van der Waals surface area contributed by atoms with Crippen LogP contribution in [-0.4, -0.2) is 57.3 Å². The quantitative estimate of drug-likeness (QED) is 0.0914. The second-order valence-corrected chi connectivity index (χ2v) is 9.73. The lowest BCUT2D eigenvalue weighted by molar-refractivity contribution is -0.132. The molecule has 0 radical (unpaired) electrons. The number of amides is 1. The van der Waals surface area contributed by atoms with Crippen LogP contribution in [0.4, 0.5) is 0 Å². The molecule has 206 valence electrons. The SMILES string of the molecule is CCCC/C=C\CCCCCC(O)C(=O)NC(CO)C(O)C(O)CCC/C=C/CCCCCCC. The van der Waals surface area contributed by atoms with Crippen molar-refractivity contribution in [2.24, 2.45) is 0 Å². The Kier molecular flexibility index (Phi) is 23.6. The monoisotopic (exact) mass is 497 g/mol. The smallest absolute Gasteiger partial charge is 0.249 e. The minimum atomic E-state index is -1.28. The van der Waals surface area contributed by atoms with Gasteiger partial charge in [0.15, 0.2) is 0 Å². The molecular formula is C29H55NO5. The molecule has 0 aromatic rings. The highest BCUT2D eigenvalue weighted by atomic mass is 16.3. The van der Waals surface area contributed by atoms with Crippen LogP contribution in [0.1, 0.15) is 123 Å². The standard InChI is InChI=1S/C29H55NO5/c1-3-5-7-9-11-13-15-16-18-20-22-26(32)28(34)25(24-31)30-29(35)27(33)23-21-19-17-14-12-10-8-6-4-2/h10,12,15-16,25-28,31-34H,3-9,11,13-14,17-24H2,1-2H3,(H,30,35)/b12-10-,16-15+. The van der Waals surface area contributed by atoms with Crippen molar-refractivity contribution in [1.29, 1.82) is 0 Å². The third-order valence-corrected chi connectivity index (χ3v) is 6.38. The fourth-order valence-corrected chi connectivity index (χ4v) is 3.97. The van der Waals surface area contributed by atoms with Gasteiger partial charge in [0.2, 0.25) is 5.91 Å². The fraction of sp³-hybridized carbons (Fsp3) is 0.828. The molecule has 0 fully saturated rings. The Morgan fingerprint density at radius 2 is 1.20 bits per heavy atom. The molecule has 5 N–H and O–H groups in total. The molecule has 0 aliphatic rings. The average Bonchev–Trinajstić information content (AvgIpc) is 2.86. The van der Waals surface area contributed by atoms with Gasteiger partial charge in [-0.3, -0.25) is 4.79 Å². The minimum absolute atomic E-state index is 0.340. The lowest BCUT2D eigenvalue weighted by atomic mass is 10.00. The Morgan fingerprint density at radius 3 is 1.77 bits per heavy atom. The van der Waals surface area contributed by atoms with Crippen molar-refractivity contribution in [3.63, 3.8) is 0 Å². The van der Waals surface area contributed by atoms with Gasteiger partial charge in [-0.05, 0) is 57.8 Å². The molecule has 0 aliphatic carbocycles. The van der Waals surface area contributed by atoms with Gasteiger partial charge in [0.25, 0.3) is 0 Å². The van der Waals surface area contributed by atoms with Crippen molar-refractivity contribution in [2.75, 3.05) is 6.61 Å². The van der Waals surface area contributed by atoms with Crippen molar-refractivity contribution in [1.82, 2.24) is 5.32 Å². The summed E-state index contributed by atoms with van der Waals surface area (Å²) in [6.45, 7) is 3.89. The first kappa shape index (κ1) is 33.8. The molecule has 0 saturated heterocycles. The van der Waals surface area contributed by atoms with E-state index in [4.69, 9.17) is 0 Å². The van der Waals surface area contributed by atoms with Crippen LogP contribution in [0.3, 0.4) is 0 Å². The Balaban J connectivity index is 4.05. The molecule has 0 aromatic heterocycles. The maximum Gasteiger partial charge on any atom is 0.249 e. The Labute approximate surface area is 214 Å². The molecule has 6 nitrogen and oxygen atoms in total. The van der Waals surface area contributed by atoms with Crippen molar-refractivity contribution in [3.8, 4) is 0 Å². The van der Waals surface area contributed by atoms with E-state index in [1.54, 1.807) is 0 Å². The van der Waals surface area contributed by atoms with Crippen LogP contribution in [0, 0.1) is 0 Å². The van der Waals surface area contributed by atoms with Crippen molar-refractivity contribution in [3.05, 3.63) is 24.3 Å². The number of rotatable bonds is 24. The molecule has 0 rings (SSSR count). The lowest BCUT2D eigenvalue weighted by Gasteiger charge is -2.27. The van der Waals surface area contributed by atoms with E-state index in [1.807, 2.05) is 0 Å². The van der Waals surface area contributed by atoms with Crippen molar-refractivity contribution < 1.29 is 25.2 Å². The second-order valence-electron chi connectivity index (χ2n) is 9.73. The Hall–Kier alpha value is -1.21. The van der Waals surface area contributed by atoms with E-state index in [1.165, 1.54) is 44.9 Å². The first-order valence-electron chi connectivity index (χ1n) is 14.2. The second kappa shape index (κ2) is 24.5. The first-order chi connectivity index (χ1) is 17.0. The molecule has 0 bridgehead atoms. The highest BCUT2D eigenvalue weighted by Crippen LogP contribution is 2.12. The van der Waals surface area contributed by atoms with Crippen molar-refractivity contribution >= 4 is 5.91 Å². The van der Waals surface area contributed by atoms with Crippen LogP contribution >= 0.6 is 0 Å². The van der Waals surface area contributed by atoms with E-state index in [0.717, 1.165) is 44.9 Å². The number of carbonyl (C=O) groups is 1. The van der Waals surface area contributed by atoms with E-state index >= 15 is 0 Å². The summed E-state index contributed by atoms with van der Waals surface area (Å²) in [6, 6.07) is -1.00. The topological polar surface area (TPSA) is 110 Å². The normalized spacial score (nSPS) is 15.5. The zero-order valence-corrected chi connectivity index (χ0v) is 22.5. The largest absolute Gasteiger partial charge is 0.394 e. The summed E-state index contributed by atoms with van der Waals surface area (Å²) in [5.41, 5.74) is 0. The van der Waals surface area contributed by atoms with Gasteiger partial charge < -0.3 is 25.7 Å². The van der Waals surface area contributed by atoms with Crippen LogP contribution in [0.5, 0.6) is 0 Å². The number of nitrogens with one attached hydrogen (secondary N) is 1. The number of unbranched alkanes of at least 4 members (excludes halogenated alkanes) is 11. The molecule has 0 aromatic carbocycles. The van der Waals surface area contributed by atoms with Gasteiger partial charge >= 0.3 is 0 Å². The number of aliphatic hydroxyl groups is 4. The number of allylic oxidation sites excluding steroid dienone is 4. The third kappa shape index (κ3) is 19.6. The lowest BCUT2D eigenvalue weighted by Crippen LogP contribution is -2.53.